The molecule has 0 bridgehead atoms. The molecule has 2 N–H and O–H groups in total. The van der Waals surface area contributed by atoms with Crippen molar-refractivity contribution in [2.24, 2.45) is 5.92 Å². The number of amides is 2. The van der Waals surface area contributed by atoms with Crippen LogP contribution in [0.3, 0.4) is 0 Å². The summed E-state index contributed by atoms with van der Waals surface area (Å²) < 4.78 is 10.7. The number of nitrogens with zero attached hydrogens (tertiary/aromatic N) is 1. The Hall–Kier alpha value is -3.22. The molecule has 1 heterocycles. The number of methoxy groups -OCH3 is 2. The Bertz CT molecular complexity index is 856. The predicted molar refractivity (Wildman–Crippen MR) is 108 cm³/mol. The maximum absolute atomic E-state index is 12.8. The van der Waals surface area contributed by atoms with Gasteiger partial charge in [-0.2, -0.15) is 0 Å². The number of carbonyl (C=O) groups is 2. The molecule has 2 atom stereocenters. The summed E-state index contributed by atoms with van der Waals surface area (Å²) in [6.45, 7) is 0.680. The number of likely N-dealkylation sites (tertiary alicyclic amines) is 1. The fraction of sp³-hybridized carbons (Fsp3) is 0.364. The quantitative estimate of drug-likeness (QED) is 0.748. The van der Waals surface area contributed by atoms with Gasteiger partial charge in [0, 0.05) is 13.1 Å². The van der Waals surface area contributed by atoms with Crippen LogP contribution in [0.4, 0.5) is 4.79 Å². The summed E-state index contributed by atoms with van der Waals surface area (Å²) in [5.41, 5.74) is 1.96. The van der Waals surface area contributed by atoms with Crippen LogP contribution in [0.2, 0.25) is 0 Å². The van der Waals surface area contributed by atoms with Crippen LogP contribution in [0.25, 0.3) is 0 Å². The van der Waals surface area contributed by atoms with E-state index in [2.05, 4.69) is 5.32 Å². The molecule has 7 heteroatoms. The van der Waals surface area contributed by atoms with Gasteiger partial charge in [-0.1, -0.05) is 36.4 Å². The van der Waals surface area contributed by atoms with Gasteiger partial charge >= 0.3 is 12.0 Å². The van der Waals surface area contributed by atoms with Gasteiger partial charge in [0.2, 0.25) is 0 Å². The third-order valence-electron chi connectivity index (χ3n) is 5.21. The first-order valence-electron chi connectivity index (χ1n) is 9.56. The van der Waals surface area contributed by atoms with E-state index >= 15 is 0 Å². The number of urea groups is 1. The Kier molecular flexibility index (Phi) is 6.59. The first-order valence-corrected chi connectivity index (χ1v) is 9.56. The summed E-state index contributed by atoms with van der Waals surface area (Å²) >= 11 is 0. The molecule has 1 aliphatic rings. The summed E-state index contributed by atoms with van der Waals surface area (Å²) in [5, 5.41) is 12.3. The highest BCUT2D eigenvalue weighted by molar-refractivity contribution is 5.77. The minimum atomic E-state index is -0.856. The van der Waals surface area contributed by atoms with Gasteiger partial charge in [-0.15, -0.1) is 0 Å². The van der Waals surface area contributed by atoms with Crippen molar-refractivity contribution >= 4 is 12.0 Å². The molecule has 0 aliphatic carbocycles. The van der Waals surface area contributed by atoms with Gasteiger partial charge in [0.05, 0.1) is 26.2 Å². The van der Waals surface area contributed by atoms with Crippen LogP contribution in [0, 0.1) is 5.92 Å². The number of carbonyl (C=O) groups excluding carboxylic acids is 1. The predicted octanol–water partition coefficient (Wildman–Crippen LogP) is 3.10. The number of aliphatic carboxylic acids is 1. The zero-order valence-corrected chi connectivity index (χ0v) is 16.6. The number of carboxylic acids is 1. The van der Waals surface area contributed by atoms with Crippen molar-refractivity contribution in [1.29, 1.82) is 0 Å². The van der Waals surface area contributed by atoms with Gasteiger partial charge in [-0.25, -0.2) is 4.79 Å². The molecule has 1 fully saturated rings. The van der Waals surface area contributed by atoms with Crippen molar-refractivity contribution in [3.8, 4) is 11.5 Å². The van der Waals surface area contributed by atoms with Gasteiger partial charge < -0.3 is 24.8 Å². The number of benzene rings is 2. The van der Waals surface area contributed by atoms with Crippen LogP contribution < -0.4 is 14.8 Å². The largest absolute Gasteiger partial charge is 0.493 e. The van der Waals surface area contributed by atoms with Crippen LogP contribution in [0.5, 0.6) is 11.5 Å². The summed E-state index contributed by atoms with van der Waals surface area (Å²) in [5.74, 6) is -0.0766. The zero-order valence-electron chi connectivity index (χ0n) is 16.6. The Labute approximate surface area is 170 Å². The molecule has 2 aromatic rings. The van der Waals surface area contributed by atoms with Crippen molar-refractivity contribution in [3.05, 3.63) is 59.7 Å². The fourth-order valence-corrected chi connectivity index (χ4v) is 3.57. The van der Waals surface area contributed by atoms with E-state index in [0.717, 1.165) is 11.1 Å². The van der Waals surface area contributed by atoms with Crippen molar-refractivity contribution < 1.29 is 24.2 Å². The lowest BCUT2D eigenvalue weighted by atomic mass is 9.98. The van der Waals surface area contributed by atoms with E-state index < -0.39 is 11.9 Å². The van der Waals surface area contributed by atoms with Gasteiger partial charge in [-0.05, 0) is 36.1 Å². The fourth-order valence-electron chi connectivity index (χ4n) is 3.57. The van der Waals surface area contributed by atoms with Crippen molar-refractivity contribution in [2.45, 2.75) is 18.9 Å². The lowest BCUT2D eigenvalue weighted by Gasteiger charge is -2.24. The molecule has 2 amide bonds. The van der Waals surface area contributed by atoms with E-state index in [0.29, 0.717) is 30.9 Å². The van der Waals surface area contributed by atoms with Crippen molar-refractivity contribution in [2.75, 3.05) is 27.3 Å². The zero-order chi connectivity index (χ0) is 20.8. The molecule has 0 spiro atoms. The molecule has 154 valence electrons. The van der Waals surface area contributed by atoms with Gasteiger partial charge in [0.15, 0.2) is 11.5 Å². The second kappa shape index (κ2) is 9.32. The van der Waals surface area contributed by atoms with Crippen molar-refractivity contribution in [1.82, 2.24) is 10.2 Å². The monoisotopic (exact) mass is 398 g/mol. The molecule has 3 rings (SSSR count). The molecule has 1 aliphatic heterocycles. The van der Waals surface area contributed by atoms with Crippen molar-refractivity contribution in [3.63, 3.8) is 0 Å². The van der Waals surface area contributed by atoms with Crippen LogP contribution >= 0.6 is 0 Å². The summed E-state index contributed by atoms with van der Waals surface area (Å²) in [4.78, 5) is 25.5. The SMILES string of the molecule is COc1ccc(CC(NC(=O)N2CCC(C(=O)O)C2)c2ccccc2)cc1OC. The minimum Gasteiger partial charge on any atom is -0.493 e. The summed E-state index contributed by atoms with van der Waals surface area (Å²) in [6.07, 6.45) is 1.04. The topological polar surface area (TPSA) is 88.1 Å². The summed E-state index contributed by atoms with van der Waals surface area (Å²) in [6, 6.07) is 14.9. The Balaban J connectivity index is 1.77. The molecule has 29 heavy (non-hydrogen) atoms. The lowest BCUT2D eigenvalue weighted by molar-refractivity contribution is -0.141. The minimum absolute atomic E-state index is 0.235. The van der Waals surface area contributed by atoms with Crippen LogP contribution in [-0.2, 0) is 11.2 Å². The van der Waals surface area contributed by atoms with Crippen LogP contribution in [0.15, 0.2) is 48.5 Å². The van der Waals surface area contributed by atoms with E-state index in [-0.39, 0.29) is 18.6 Å². The number of nitrogens with one attached hydrogen (secondary N) is 1. The van der Waals surface area contributed by atoms with E-state index in [1.165, 1.54) is 0 Å². The second-order valence-corrected chi connectivity index (χ2v) is 7.08. The number of rotatable bonds is 7. The first-order chi connectivity index (χ1) is 14.0. The molecule has 0 saturated carbocycles. The Morgan fingerprint density at radius 2 is 1.86 bits per heavy atom. The first kappa shape index (κ1) is 20.5. The Morgan fingerprint density at radius 3 is 2.48 bits per heavy atom. The highest BCUT2D eigenvalue weighted by Gasteiger charge is 2.31. The molecule has 2 unspecified atom stereocenters. The highest BCUT2D eigenvalue weighted by Crippen LogP contribution is 2.30. The van der Waals surface area contributed by atoms with E-state index in [9.17, 15) is 14.7 Å². The third-order valence-corrected chi connectivity index (χ3v) is 5.21. The van der Waals surface area contributed by atoms with E-state index in [1.807, 2.05) is 48.5 Å². The van der Waals surface area contributed by atoms with Gasteiger partial charge in [0.25, 0.3) is 0 Å². The number of hydrogen-bond donors (Lipinski definition) is 2. The third kappa shape index (κ3) is 4.99. The van der Waals surface area contributed by atoms with E-state index in [4.69, 9.17) is 9.47 Å². The molecule has 2 aromatic carbocycles. The molecule has 0 radical (unpaired) electrons. The van der Waals surface area contributed by atoms with Crippen LogP contribution in [-0.4, -0.2) is 49.3 Å². The van der Waals surface area contributed by atoms with Crippen LogP contribution in [0.1, 0.15) is 23.6 Å². The molecule has 1 saturated heterocycles. The average Bonchev–Trinajstić information content (AvgIpc) is 3.24. The number of ether oxygens (including phenoxy) is 2. The van der Waals surface area contributed by atoms with Gasteiger partial charge in [0.1, 0.15) is 0 Å². The maximum atomic E-state index is 12.8. The highest BCUT2D eigenvalue weighted by atomic mass is 16.5. The number of hydrogen-bond acceptors (Lipinski definition) is 4. The molecule has 0 aromatic heterocycles. The van der Waals surface area contributed by atoms with Gasteiger partial charge in [-0.3, -0.25) is 4.79 Å². The maximum Gasteiger partial charge on any atom is 0.317 e. The second-order valence-electron chi connectivity index (χ2n) is 7.08. The smallest absolute Gasteiger partial charge is 0.317 e. The Morgan fingerprint density at radius 1 is 1.14 bits per heavy atom. The van der Waals surface area contributed by atoms with E-state index in [1.54, 1.807) is 19.1 Å². The summed E-state index contributed by atoms with van der Waals surface area (Å²) in [7, 11) is 3.18. The normalized spacial score (nSPS) is 16.9. The molecular weight excluding hydrogens is 372 g/mol. The number of carboxylic acid groups (broad SMARTS) is 1. The molecule has 7 nitrogen and oxygen atoms in total. The lowest BCUT2D eigenvalue weighted by Crippen LogP contribution is -2.41. The molecular formula is C22H26N2O5. The average molecular weight is 398 g/mol. The standard InChI is InChI=1S/C22H26N2O5/c1-28-19-9-8-15(13-20(19)29-2)12-18(16-6-4-3-5-7-16)23-22(27)24-11-10-17(14-24)21(25)26/h3-9,13,17-18H,10-12,14H2,1-2H3,(H,23,27)(H,25,26).